The van der Waals surface area contributed by atoms with Crippen molar-refractivity contribution in [2.45, 2.75) is 0 Å². The average molecular weight is 280 g/mol. The van der Waals surface area contributed by atoms with Gasteiger partial charge in [0.05, 0.1) is 25.5 Å². The van der Waals surface area contributed by atoms with Gasteiger partial charge in [-0.2, -0.15) is 15.8 Å². The first-order valence-corrected chi connectivity index (χ1v) is 5.75. The molecule has 0 saturated heterocycles. The van der Waals surface area contributed by atoms with Crippen molar-refractivity contribution in [1.29, 1.82) is 15.8 Å². The van der Waals surface area contributed by atoms with Crippen molar-refractivity contribution in [1.82, 2.24) is 0 Å². The fourth-order valence-corrected chi connectivity index (χ4v) is 1.54. The molecule has 0 amide bonds. The molecular weight excluding hydrogens is 268 g/mol. The van der Waals surface area contributed by atoms with Gasteiger partial charge in [-0.05, 0) is 18.2 Å². The van der Waals surface area contributed by atoms with E-state index in [9.17, 15) is 0 Å². The third-order valence-corrected chi connectivity index (χ3v) is 2.64. The highest BCUT2D eigenvalue weighted by Gasteiger charge is 2.10. The van der Waals surface area contributed by atoms with Crippen LogP contribution in [-0.2, 0) is 0 Å². The Hall–Kier alpha value is -3.43. The van der Waals surface area contributed by atoms with Crippen LogP contribution in [0.3, 0.4) is 0 Å². The van der Waals surface area contributed by atoms with Crippen LogP contribution in [0.4, 0.5) is 0 Å². The molecule has 0 atom stereocenters. The van der Waals surface area contributed by atoms with Crippen LogP contribution in [0.5, 0.6) is 11.5 Å². The standard InChI is InChI=1S/C15H12N4O2/c1-20-13-4-3-10(14(6-13)21-2)5-11(7-16)15(19)12(8-17)9-18/h3-6H,19H2,1-2H3. The number of ether oxygens (including phenoxy) is 2. The van der Waals surface area contributed by atoms with Crippen LogP contribution in [0.2, 0.25) is 0 Å². The van der Waals surface area contributed by atoms with Crippen molar-refractivity contribution in [3.05, 3.63) is 40.6 Å². The largest absolute Gasteiger partial charge is 0.497 e. The van der Waals surface area contributed by atoms with E-state index in [1.807, 2.05) is 6.07 Å². The van der Waals surface area contributed by atoms with Gasteiger partial charge in [-0.1, -0.05) is 0 Å². The minimum atomic E-state index is -0.310. The smallest absolute Gasteiger partial charge is 0.153 e. The second kappa shape index (κ2) is 7.23. The van der Waals surface area contributed by atoms with Crippen molar-refractivity contribution < 1.29 is 9.47 Å². The Morgan fingerprint density at radius 2 is 1.76 bits per heavy atom. The van der Waals surface area contributed by atoms with E-state index in [-0.39, 0.29) is 16.8 Å². The number of rotatable bonds is 4. The van der Waals surface area contributed by atoms with Gasteiger partial charge in [0, 0.05) is 11.6 Å². The normalized spacial score (nSPS) is 9.76. The molecule has 104 valence electrons. The van der Waals surface area contributed by atoms with Gasteiger partial charge in [-0.15, -0.1) is 0 Å². The Morgan fingerprint density at radius 3 is 2.24 bits per heavy atom. The van der Waals surface area contributed by atoms with Crippen molar-refractivity contribution >= 4 is 6.08 Å². The molecule has 0 aromatic heterocycles. The summed E-state index contributed by atoms with van der Waals surface area (Å²) in [6.45, 7) is 0. The number of nitrogens with zero attached hydrogens (tertiary/aromatic N) is 3. The van der Waals surface area contributed by atoms with E-state index in [4.69, 9.17) is 31.0 Å². The maximum Gasteiger partial charge on any atom is 0.153 e. The summed E-state index contributed by atoms with van der Waals surface area (Å²) in [7, 11) is 3.01. The van der Waals surface area contributed by atoms with Crippen molar-refractivity contribution in [3.8, 4) is 29.7 Å². The predicted molar refractivity (Wildman–Crippen MR) is 75.6 cm³/mol. The minimum absolute atomic E-state index is 0.0107. The first kappa shape index (κ1) is 15.6. The maximum atomic E-state index is 9.15. The number of methoxy groups -OCH3 is 2. The lowest BCUT2D eigenvalue weighted by molar-refractivity contribution is 0.393. The highest BCUT2D eigenvalue weighted by Crippen LogP contribution is 2.27. The Morgan fingerprint density at radius 1 is 1.10 bits per heavy atom. The molecule has 0 radical (unpaired) electrons. The molecular formula is C15H12N4O2. The summed E-state index contributed by atoms with van der Waals surface area (Å²) < 4.78 is 10.3. The summed E-state index contributed by atoms with van der Waals surface area (Å²) >= 11 is 0. The van der Waals surface area contributed by atoms with Gasteiger partial charge >= 0.3 is 0 Å². The molecule has 2 N–H and O–H groups in total. The molecule has 0 unspecified atom stereocenters. The highest BCUT2D eigenvalue weighted by molar-refractivity contribution is 5.69. The Bertz CT molecular complexity index is 712. The Balaban J connectivity index is 3.42. The molecule has 0 spiro atoms. The number of nitriles is 3. The van der Waals surface area contributed by atoms with Crippen molar-refractivity contribution in [3.63, 3.8) is 0 Å². The summed E-state index contributed by atoms with van der Waals surface area (Å²) in [6, 6.07) is 10.2. The first-order valence-electron chi connectivity index (χ1n) is 5.75. The fourth-order valence-electron chi connectivity index (χ4n) is 1.54. The number of nitrogens with two attached hydrogens (primary N) is 1. The number of benzene rings is 1. The summed E-state index contributed by atoms with van der Waals surface area (Å²) in [6.07, 6.45) is 1.45. The molecule has 6 heteroatoms. The quantitative estimate of drug-likeness (QED) is 0.664. The molecule has 1 aromatic carbocycles. The van der Waals surface area contributed by atoms with Gasteiger partial charge < -0.3 is 15.2 Å². The van der Waals surface area contributed by atoms with Gasteiger partial charge in [0.25, 0.3) is 0 Å². The van der Waals surface area contributed by atoms with Crippen LogP contribution in [0.15, 0.2) is 35.0 Å². The van der Waals surface area contributed by atoms with Crippen LogP contribution in [0.25, 0.3) is 6.08 Å². The number of hydrogen-bond acceptors (Lipinski definition) is 6. The lowest BCUT2D eigenvalue weighted by atomic mass is 10.1. The third-order valence-electron chi connectivity index (χ3n) is 2.64. The molecule has 1 rings (SSSR count). The molecule has 0 heterocycles. The minimum Gasteiger partial charge on any atom is -0.497 e. The summed E-state index contributed by atoms with van der Waals surface area (Å²) in [5, 5.41) is 26.7. The van der Waals surface area contributed by atoms with Crippen LogP contribution in [0, 0.1) is 34.0 Å². The van der Waals surface area contributed by atoms with Gasteiger partial charge in [0.15, 0.2) is 5.57 Å². The van der Waals surface area contributed by atoms with E-state index >= 15 is 0 Å². The molecule has 0 aliphatic heterocycles. The molecule has 1 aromatic rings. The molecule has 0 aliphatic rings. The monoisotopic (exact) mass is 280 g/mol. The van der Waals surface area contributed by atoms with Crippen molar-refractivity contribution in [2.24, 2.45) is 5.73 Å². The van der Waals surface area contributed by atoms with Gasteiger partial charge in [0.2, 0.25) is 0 Å². The fraction of sp³-hybridized carbons (Fsp3) is 0.133. The van der Waals surface area contributed by atoms with Crippen molar-refractivity contribution in [2.75, 3.05) is 14.2 Å². The highest BCUT2D eigenvalue weighted by atomic mass is 16.5. The Kier molecular flexibility index (Phi) is 5.38. The van der Waals surface area contributed by atoms with E-state index in [2.05, 4.69) is 0 Å². The molecule has 0 saturated carbocycles. The van der Waals surface area contributed by atoms with E-state index in [1.54, 1.807) is 30.3 Å². The number of allylic oxidation sites excluding steroid dienone is 2. The molecule has 0 fully saturated rings. The van der Waals surface area contributed by atoms with E-state index in [0.29, 0.717) is 17.1 Å². The summed E-state index contributed by atoms with van der Waals surface area (Å²) in [5.74, 6) is 1.08. The molecule has 0 aliphatic carbocycles. The lowest BCUT2D eigenvalue weighted by Crippen LogP contribution is -2.03. The van der Waals surface area contributed by atoms with Gasteiger partial charge in [-0.25, -0.2) is 0 Å². The second-order valence-electron chi connectivity index (χ2n) is 3.79. The van der Waals surface area contributed by atoms with Crippen LogP contribution >= 0.6 is 0 Å². The zero-order valence-corrected chi connectivity index (χ0v) is 11.5. The molecule has 21 heavy (non-hydrogen) atoms. The molecule has 0 bridgehead atoms. The average Bonchev–Trinajstić information content (AvgIpc) is 2.53. The van der Waals surface area contributed by atoms with E-state index in [0.717, 1.165) is 0 Å². The summed E-state index contributed by atoms with van der Waals surface area (Å²) in [4.78, 5) is 0. The maximum absolute atomic E-state index is 9.15. The van der Waals surface area contributed by atoms with E-state index in [1.165, 1.54) is 20.3 Å². The Labute approximate surface area is 122 Å². The second-order valence-corrected chi connectivity index (χ2v) is 3.79. The van der Waals surface area contributed by atoms with Crippen LogP contribution in [-0.4, -0.2) is 14.2 Å². The van der Waals surface area contributed by atoms with Gasteiger partial charge in [-0.3, -0.25) is 0 Å². The van der Waals surface area contributed by atoms with Gasteiger partial charge in [0.1, 0.15) is 29.7 Å². The first-order chi connectivity index (χ1) is 10.1. The van der Waals surface area contributed by atoms with Crippen LogP contribution in [0.1, 0.15) is 5.56 Å². The lowest BCUT2D eigenvalue weighted by Gasteiger charge is -2.08. The van der Waals surface area contributed by atoms with E-state index < -0.39 is 0 Å². The third kappa shape index (κ3) is 3.53. The SMILES string of the molecule is COc1ccc(C=C(C#N)C(N)=C(C#N)C#N)c(OC)c1. The predicted octanol–water partition coefficient (Wildman–Crippen LogP) is 1.87. The topological polar surface area (TPSA) is 116 Å². The zero-order chi connectivity index (χ0) is 15.8. The number of hydrogen-bond donors (Lipinski definition) is 1. The molecule has 6 nitrogen and oxygen atoms in total. The summed E-state index contributed by atoms with van der Waals surface area (Å²) in [5.41, 5.74) is 5.78. The van der Waals surface area contributed by atoms with Crippen LogP contribution < -0.4 is 15.2 Å². The zero-order valence-electron chi connectivity index (χ0n) is 11.5.